The fraction of sp³-hybridized carbons (Fsp3) is 0.240. The first-order valence-electron chi connectivity index (χ1n) is 10.5. The zero-order valence-electron chi connectivity index (χ0n) is 18.3. The number of hydrogen-bond donors (Lipinski definition) is 1. The monoisotopic (exact) mass is 482 g/mol. The van der Waals surface area contributed by atoms with Gasteiger partial charge >= 0.3 is 0 Å². The van der Waals surface area contributed by atoms with E-state index >= 15 is 0 Å². The van der Waals surface area contributed by atoms with E-state index in [1.807, 2.05) is 42.5 Å². The second kappa shape index (κ2) is 9.77. The van der Waals surface area contributed by atoms with E-state index in [0.717, 1.165) is 21.6 Å². The number of halogens is 1. The van der Waals surface area contributed by atoms with Crippen molar-refractivity contribution in [3.8, 4) is 16.2 Å². The standard InChI is InChI=1S/C25H23ClN2O4S/c1-15(29)27-14-18(30)11-16-7-8-19-22(12-16)32-10-9-17-13-23(33-24(17)19)25(31)28(2)21-6-4-3-5-20(21)26/h3-8,12-13H,9-11,14H2,1-2H3,(H,27,29). The third-order valence-electron chi connectivity index (χ3n) is 5.39. The Balaban J connectivity index is 1.58. The van der Waals surface area contributed by atoms with E-state index in [0.29, 0.717) is 34.4 Å². The van der Waals surface area contributed by atoms with Crippen molar-refractivity contribution in [3.05, 3.63) is 69.6 Å². The molecule has 8 heteroatoms. The minimum absolute atomic E-state index is 0.00671. The molecule has 2 heterocycles. The molecule has 1 aromatic heterocycles. The first-order valence-corrected chi connectivity index (χ1v) is 11.7. The topological polar surface area (TPSA) is 75.7 Å². The summed E-state index contributed by atoms with van der Waals surface area (Å²) in [6.45, 7) is 1.87. The van der Waals surface area contributed by atoms with Crippen LogP contribution in [0, 0.1) is 0 Å². The zero-order chi connectivity index (χ0) is 23.5. The van der Waals surface area contributed by atoms with Gasteiger partial charge in [-0.15, -0.1) is 11.3 Å². The van der Waals surface area contributed by atoms with Gasteiger partial charge in [0.05, 0.1) is 28.7 Å². The number of rotatable bonds is 6. The summed E-state index contributed by atoms with van der Waals surface area (Å²) < 4.78 is 5.96. The Bertz CT molecular complexity index is 1240. The van der Waals surface area contributed by atoms with Gasteiger partial charge in [-0.05, 0) is 41.5 Å². The number of thiophene rings is 1. The lowest BCUT2D eigenvalue weighted by molar-refractivity contribution is -0.123. The molecule has 2 amide bonds. The first kappa shape index (κ1) is 23.0. The summed E-state index contributed by atoms with van der Waals surface area (Å²) in [5.41, 5.74) is 3.44. The van der Waals surface area contributed by atoms with Gasteiger partial charge < -0.3 is 15.0 Å². The molecule has 33 heavy (non-hydrogen) atoms. The van der Waals surface area contributed by atoms with Crippen LogP contribution in [0.1, 0.15) is 27.7 Å². The van der Waals surface area contributed by atoms with Gasteiger partial charge in [-0.25, -0.2) is 0 Å². The number of nitrogens with one attached hydrogen (secondary N) is 1. The number of benzene rings is 2. The summed E-state index contributed by atoms with van der Waals surface area (Å²) in [5, 5.41) is 3.05. The number of carbonyl (C=O) groups is 3. The number of para-hydroxylation sites is 1. The molecule has 6 nitrogen and oxygen atoms in total. The minimum atomic E-state index is -0.232. The summed E-state index contributed by atoms with van der Waals surface area (Å²) in [4.78, 5) is 39.5. The second-order valence-corrected chi connectivity index (χ2v) is 9.29. The Kier molecular flexibility index (Phi) is 6.81. The van der Waals surface area contributed by atoms with Crippen LogP contribution < -0.4 is 15.0 Å². The molecule has 0 unspecified atom stereocenters. The molecule has 3 aromatic rings. The highest BCUT2D eigenvalue weighted by atomic mass is 35.5. The summed E-state index contributed by atoms with van der Waals surface area (Å²) in [7, 11) is 1.72. The van der Waals surface area contributed by atoms with Crippen molar-refractivity contribution in [2.75, 3.05) is 25.1 Å². The largest absolute Gasteiger partial charge is 0.493 e. The third kappa shape index (κ3) is 5.10. The average Bonchev–Trinajstić information content (AvgIpc) is 3.13. The van der Waals surface area contributed by atoms with Crippen molar-refractivity contribution in [2.24, 2.45) is 0 Å². The maximum atomic E-state index is 13.2. The van der Waals surface area contributed by atoms with Crippen LogP contribution in [0.4, 0.5) is 5.69 Å². The molecule has 0 aliphatic carbocycles. The Labute approximate surface area is 201 Å². The van der Waals surface area contributed by atoms with Crippen molar-refractivity contribution in [1.29, 1.82) is 0 Å². The van der Waals surface area contributed by atoms with Gasteiger partial charge in [0, 0.05) is 37.3 Å². The lowest BCUT2D eigenvalue weighted by Crippen LogP contribution is -2.28. The molecular weight excluding hydrogens is 460 g/mol. The highest BCUT2D eigenvalue weighted by molar-refractivity contribution is 7.17. The van der Waals surface area contributed by atoms with Gasteiger partial charge in [-0.3, -0.25) is 14.4 Å². The molecule has 1 aliphatic heterocycles. The molecule has 0 atom stereocenters. The molecule has 0 bridgehead atoms. The lowest BCUT2D eigenvalue weighted by atomic mass is 10.0. The van der Waals surface area contributed by atoms with E-state index in [9.17, 15) is 14.4 Å². The molecule has 0 spiro atoms. The molecule has 2 aromatic carbocycles. The van der Waals surface area contributed by atoms with Crippen molar-refractivity contribution < 1.29 is 19.1 Å². The lowest BCUT2D eigenvalue weighted by Gasteiger charge is -2.17. The van der Waals surface area contributed by atoms with E-state index in [1.165, 1.54) is 18.3 Å². The molecule has 1 aliphatic rings. The molecule has 0 radical (unpaired) electrons. The van der Waals surface area contributed by atoms with Crippen LogP contribution in [0.15, 0.2) is 48.5 Å². The van der Waals surface area contributed by atoms with Crippen LogP contribution in [0.5, 0.6) is 5.75 Å². The molecule has 0 saturated heterocycles. The quantitative estimate of drug-likeness (QED) is 0.560. The SMILES string of the molecule is CC(=O)NCC(=O)Cc1ccc2c(c1)OCCc1cc(C(=O)N(C)c3ccccc3Cl)sc1-2. The Hall–Kier alpha value is -3.16. The van der Waals surface area contributed by atoms with Crippen molar-refractivity contribution in [3.63, 3.8) is 0 Å². The van der Waals surface area contributed by atoms with E-state index in [1.54, 1.807) is 18.0 Å². The maximum Gasteiger partial charge on any atom is 0.268 e. The Morgan fingerprint density at radius 1 is 1.15 bits per heavy atom. The van der Waals surface area contributed by atoms with Gasteiger partial charge in [0.15, 0.2) is 5.78 Å². The molecule has 4 rings (SSSR count). The first-order chi connectivity index (χ1) is 15.8. The van der Waals surface area contributed by atoms with Gasteiger partial charge in [0.2, 0.25) is 5.91 Å². The number of Topliss-reactive ketones (excluding diaryl/α,β-unsaturated/α-hetero) is 1. The Morgan fingerprint density at radius 2 is 1.94 bits per heavy atom. The number of anilines is 1. The number of amides is 2. The second-order valence-electron chi connectivity index (χ2n) is 7.83. The van der Waals surface area contributed by atoms with E-state index in [4.69, 9.17) is 16.3 Å². The van der Waals surface area contributed by atoms with Crippen LogP contribution in [-0.4, -0.2) is 37.8 Å². The minimum Gasteiger partial charge on any atom is -0.493 e. The third-order valence-corrected chi connectivity index (χ3v) is 6.91. The van der Waals surface area contributed by atoms with Crippen molar-refractivity contribution >= 4 is 46.2 Å². The van der Waals surface area contributed by atoms with E-state index < -0.39 is 0 Å². The molecule has 0 saturated carbocycles. The average molecular weight is 483 g/mol. The van der Waals surface area contributed by atoms with Crippen LogP contribution in [0.3, 0.4) is 0 Å². The van der Waals surface area contributed by atoms with Crippen LogP contribution in [-0.2, 0) is 22.4 Å². The summed E-state index contributed by atoms with van der Waals surface area (Å²) >= 11 is 7.71. The van der Waals surface area contributed by atoms with E-state index in [-0.39, 0.29) is 30.6 Å². The van der Waals surface area contributed by atoms with Crippen molar-refractivity contribution in [2.45, 2.75) is 19.8 Å². The van der Waals surface area contributed by atoms with Crippen LogP contribution in [0.25, 0.3) is 10.4 Å². The van der Waals surface area contributed by atoms with Crippen LogP contribution in [0.2, 0.25) is 5.02 Å². The number of ketones is 1. The van der Waals surface area contributed by atoms with Gasteiger partial charge in [0.1, 0.15) is 5.75 Å². The van der Waals surface area contributed by atoms with Gasteiger partial charge in [0.25, 0.3) is 5.91 Å². The smallest absolute Gasteiger partial charge is 0.268 e. The number of ether oxygens (including phenoxy) is 1. The molecular formula is C25H23ClN2O4S. The number of hydrogen-bond acceptors (Lipinski definition) is 5. The van der Waals surface area contributed by atoms with Gasteiger partial charge in [-0.1, -0.05) is 29.8 Å². The normalized spacial score (nSPS) is 12.1. The summed E-state index contributed by atoms with van der Waals surface area (Å²) in [6.07, 6.45) is 0.890. The van der Waals surface area contributed by atoms with Crippen LogP contribution >= 0.6 is 22.9 Å². The summed E-state index contributed by atoms with van der Waals surface area (Å²) in [5.74, 6) is 0.262. The number of fused-ring (bicyclic) bond motifs is 3. The van der Waals surface area contributed by atoms with E-state index in [2.05, 4.69) is 5.32 Å². The molecule has 1 N–H and O–H groups in total. The molecule has 170 valence electrons. The predicted octanol–water partition coefficient (Wildman–Crippen LogP) is 4.53. The number of carbonyl (C=O) groups excluding carboxylic acids is 3. The van der Waals surface area contributed by atoms with Crippen molar-refractivity contribution in [1.82, 2.24) is 5.32 Å². The zero-order valence-corrected chi connectivity index (χ0v) is 19.9. The fourth-order valence-corrected chi connectivity index (χ4v) is 5.19. The Morgan fingerprint density at radius 3 is 2.70 bits per heavy atom. The summed E-state index contributed by atoms with van der Waals surface area (Å²) in [6, 6.07) is 14.9. The highest BCUT2D eigenvalue weighted by Gasteiger charge is 2.24. The maximum absolute atomic E-state index is 13.2. The predicted molar refractivity (Wildman–Crippen MR) is 131 cm³/mol. The highest BCUT2D eigenvalue weighted by Crippen LogP contribution is 2.42. The number of nitrogens with zero attached hydrogens (tertiary/aromatic N) is 1. The van der Waals surface area contributed by atoms with Gasteiger partial charge in [-0.2, -0.15) is 0 Å². The molecule has 0 fully saturated rings. The fourth-order valence-electron chi connectivity index (χ4n) is 3.71.